The van der Waals surface area contributed by atoms with Crippen LogP contribution in [0.15, 0.2) is 12.1 Å². The van der Waals surface area contributed by atoms with Crippen molar-refractivity contribution < 1.29 is 22.7 Å². The van der Waals surface area contributed by atoms with Crippen molar-refractivity contribution in [3.05, 3.63) is 34.4 Å². The van der Waals surface area contributed by atoms with Crippen molar-refractivity contribution in [2.75, 3.05) is 6.61 Å². The summed E-state index contributed by atoms with van der Waals surface area (Å²) in [5.74, 6) is -0.845. The molecule has 0 saturated heterocycles. The number of hydrogen-bond acceptors (Lipinski definition) is 4. The highest BCUT2D eigenvalue weighted by molar-refractivity contribution is 5.93. The number of rotatable bonds is 3. The first kappa shape index (κ1) is 15.0. The minimum atomic E-state index is -4.63. The van der Waals surface area contributed by atoms with Gasteiger partial charge in [0.1, 0.15) is 6.07 Å². The molecule has 0 fully saturated rings. The number of esters is 1. The van der Waals surface area contributed by atoms with Gasteiger partial charge in [0, 0.05) is 6.54 Å². The monoisotopic (exact) mass is 272 g/mol. The predicted molar refractivity (Wildman–Crippen MR) is 60.0 cm³/mol. The van der Waals surface area contributed by atoms with Gasteiger partial charge in [0.25, 0.3) is 0 Å². The molecule has 1 aromatic rings. The maximum absolute atomic E-state index is 12.8. The second-order valence-corrected chi connectivity index (χ2v) is 3.55. The molecule has 2 N–H and O–H groups in total. The number of benzene rings is 1. The van der Waals surface area contributed by atoms with Crippen molar-refractivity contribution in [1.82, 2.24) is 0 Å². The normalized spacial score (nSPS) is 10.9. The molecule has 102 valence electrons. The Balaban J connectivity index is 3.49. The summed E-state index contributed by atoms with van der Waals surface area (Å²) in [6.07, 6.45) is -4.63. The predicted octanol–water partition coefficient (Wildman–Crippen LogP) is 2.21. The molecule has 0 saturated carbocycles. The molecule has 1 rings (SSSR count). The standard InChI is InChI=1S/C12H11F3N2O2/c1-2-19-11(18)7-3-4-10(12(13,14)15)9(6-17)8(7)5-16/h3-4H,2,6,17H2,1H3. The van der Waals surface area contributed by atoms with Gasteiger partial charge in [-0.15, -0.1) is 0 Å². The summed E-state index contributed by atoms with van der Waals surface area (Å²) in [4.78, 5) is 11.6. The fourth-order valence-corrected chi connectivity index (χ4v) is 1.63. The zero-order valence-electron chi connectivity index (χ0n) is 10.0. The molecule has 0 unspecified atom stereocenters. The largest absolute Gasteiger partial charge is 0.462 e. The summed E-state index contributed by atoms with van der Waals surface area (Å²) < 4.78 is 42.9. The maximum Gasteiger partial charge on any atom is 0.416 e. The van der Waals surface area contributed by atoms with Crippen LogP contribution in [0.4, 0.5) is 13.2 Å². The van der Waals surface area contributed by atoms with E-state index in [-0.39, 0.29) is 12.2 Å². The lowest BCUT2D eigenvalue weighted by Gasteiger charge is -2.15. The van der Waals surface area contributed by atoms with E-state index in [2.05, 4.69) is 4.74 Å². The third-order valence-corrected chi connectivity index (χ3v) is 2.43. The van der Waals surface area contributed by atoms with Gasteiger partial charge < -0.3 is 10.5 Å². The lowest BCUT2D eigenvalue weighted by Crippen LogP contribution is -2.17. The van der Waals surface area contributed by atoms with Crippen LogP contribution in [0.3, 0.4) is 0 Å². The van der Waals surface area contributed by atoms with E-state index in [1.54, 1.807) is 13.0 Å². The summed E-state index contributed by atoms with van der Waals surface area (Å²) in [5, 5.41) is 8.96. The molecule has 0 heterocycles. The van der Waals surface area contributed by atoms with Crippen molar-refractivity contribution in [2.24, 2.45) is 5.73 Å². The van der Waals surface area contributed by atoms with E-state index in [4.69, 9.17) is 11.0 Å². The highest BCUT2D eigenvalue weighted by atomic mass is 19.4. The van der Waals surface area contributed by atoms with Gasteiger partial charge in [-0.3, -0.25) is 0 Å². The number of nitrogens with zero attached hydrogens (tertiary/aromatic N) is 1. The van der Waals surface area contributed by atoms with E-state index in [9.17, 15) is 18.0 Å². The van der Waals surface area contributed by atoms with Crippen LogP contribution in [0.2, 0.25) is 0 Å². The van der Waals surface area contributed by atoms with Crippen molar-refractivity contribution in [2.45, 2.75) is 19.6 Å². The first-order chi connectivity index (χ1) is 8.86. The van der Waals surface area contributed by atoms with Gasteiger partial charge in [0.15, 0.2) is 0 Å². The van der Waals surface area contributed by atoms with Crippen LogP contribution in [-0.4, -0.2) is 12.6 Å². The zero-order valence-corrected chi connectivity index (χ0v) is 10.0. The number of carbonyl (C=O) groups excluding carboxylic acids is 1. The van der Waals surface area contributed by atoms with Gasteiger partial charge in [-0.2, -0.15) is 18.4 Å². The van der Waals surface area contributed by atoms with Crippen molar-refractivity contribution in [3.63, 3.8) is 0 Å². The average Bonchev–Trinajstić information content (AvgIpc) is 2.35. The molecule has 4 nitrogen and oxygen atoms in total. The topological polar surface area (TPSA) is 76.1 Å². The molecule has 1 aromatic carbocycles. The lowest BCUT2D eigenvalue weighted by atomic mass is 9.96. The number of alkyl halides is 3. The first-order valence-electron chi connectivity index (χ1n) is 5.37. The van der Waals surface area contributed by atoms with Crippen LogP contribution >= 0.6 is 0 Å². The Hall–Kier alpha value is -2.07. The van der Waals surface area contributed by atoms with Crippen molar-refractivity contribution in [1.29, 1.82) is 5.26 Å². The number of nitriles is 1. The highest BCUT2D eigenvalue weighted by Gasteiger charge is 2.35. The van der Waals surface area contributed by atoms with Crippen LogP contribution in [0.1, 0.15) is 34.0 Å². The Bertz CT molecular complexity index is 533. The van der Waals surface area contributed by atoms with Gasteiger partial charge in [-0.05, 0) is 24.6 Å². The molecular formula is C12H11F3N2O2. The molecule has 0 aliphatic heterocycles. The summed E-state index contributed by atoms with van der Waals surface area (Å²) in [5.41, 5.74) is 3.24. The smallest absolute Gasteiger partial charge is 0.416 e. The average molecular weight is 272 g/mol. The Morgan fingerprint density at radius 2 is 2.11 bits per heavy atom. The summed E-state index contributed by atoms with van der Waals surface area (Å²) >= 11 is 0. The second kappa shape index (κ2) is 5.71. The van der Waals surface area contributed by atoms with Crippen LogP contribution < -0.4 is 5.73 Å². The molecule has 0 aliphatic rings. The minimum Gasteiger partial charge on any atom is -0.462 e. The molecule has 0 atom stereocenters. The number of hydrogen-bond donors (Lipinski definition) is 1. The number of carbonyl (C=O) groups is 1. The highest BCUT2D eigenvalue weighted by Crippen LogP contribution is 2.34. The van der Waals surface area contributed by atoms with Crippen molar-refractivity contribution >= 4 is 5.97 Å². The van der Waals surface area contributed by atoms with Crippen molar-refractivity contribution in [3.8, 4) is 6.07 Å². The van der Waals surface area contributed by atoms with E-state index in [0.717, 1.165) is 12.1 Å². The third-order valence-electron chi connectivity index (χ3n) is 2.43. The Morgan fingerprint density at radius 3 is 2.53 bits per heavy atom. The molecule has 0 aromatic heterocycles. The first-order valence-corrected chi connectivity index (χ1v) is 5.37. The molecule has 0 spiro atoms. The lowest BCUT2D eigenvalue weighted by molar-refractivity contribution is -0.138. The molecule has 0 bridgehead atoms. The van der Waals surface area contributed by atoms with Crippen LogP contribution in [-0.2, 0) is 17.5 Å². The number of halogens is 3. The summed E-state index contributed by atoms with van der Waals surface area (Å²) in [7, 11) is 0. The molecule has 0 radical (unpaired) electrons. The van der Waals surface area contributed by atoms with E-state index < -0.39 is 35.4 Å². The molecule has 7 heteroatoms. The van der Waals surface area contributed by atoms with Gasteiger partial charge in [-0.25, -0.2) is 4.79 Å². The summed E-state index contributed by atoms with van der Waals surface area (Å²) in [6.45, 7) is 1.12. The third kappa shape index (κ3) is 3.03. The Kier molecular flexibility index (Phi) is 4.51. The zero-order chi connectivity index (χ0) is 14.6. The Labute approximate surface area is 107 Å². The molecule has 0 amide bonds. The Morgan fingerprint density at radius 1 is 1.47 bits per heavy atom. The van der Waals surface area contributed by atoms with E-state index in [0.29, 0.717) is 0 Å². The van der Waals surface area contributed by atoms with E-state index >= 15 is 0 Å². The fourth-order valence-electron chi connectivity index (χ4n) is 1.63. The fraction of sp³-hybridized carbons (Fsp3) is 0.333. The number of ether oxygens (including phenoxy) is 1. The second-order valence-electron chi connectivity index (χ2n) is 3.55. The minimum absolute atomic E-state index is 0.0582. The van der Waals surface area contributed by atoms with Gasteiger partial charge in [0.05, 0.1) is 23.3 Å². The van der Waals surface area contributed by atoms with E-state index in [1.807, 2.05) is 0 Å². The molecule has 19 heavy (non-hydrogen) atoms. The van der Waals surface area contributed by atoms with Crippen LogP contribution in [0, 0.1) is 11.3 Å². The molecular weight excluding hydrogens is 261 g/mol. The van der Waals surface area contributed by atoms with Gasteiger partial charge in [-0.1, -0.05) is 0 Å². The summed E-state index contributed by atoms with van der Waals surface area (Å²) in [6, 6.07) is 3.25. The van der Waals surface area contributed by atoms with Crippen LogP contribution in [0.5, 0.6) is 0 Å². The maximum atomic E-state index is 12.8. The SMILES string of the molecule is CCOC(=O)c1ccc(C(F)(F)F)c(CN)c1C#N. The van der Waals surface area contributed by atoms with Gasteiger partial charge in [0.2, 0.25) is 0 Å². The van der Waals surface area contributed by atoms with Crippen LogP contribution in [0.25, 0.3) is 0 Å². The van der Waals surface area contributed by atoms with Gasteiger partial charge >= 0.3 is 12.1 Å². The van der Waals surface area contributed by atoms with E-state index in [1.165, 1.54) is 0 Å². The quantitative estimate of drug-likeness (QED) is 0.856. The molecule has 0 aliphatic carbocycles. The number of nitrogens with two attached hydrogens (primary N) is 1.